The number of hydrogen-bond donors (Lipinski definition) is 0. The van der Waals surface area contributed by atoms with Crippen LogP contribution in [0.5, 0.6) is 0 Å². The van der Waals surface area contributed by atoms with E-state index in [-0.39, 0.29) is 0 Å². The van der Waals surface area contributed by atoms with Gasteiger partial charge in [-0.25, -0.2) is 0 Å². The van der Waals surface area contributed by atoms with Crippen LogP contribution in [0.2, 0.25) is 0 Å². The van der Waals surface area contributed by atoms with Crippen molar-refractivity contribution in [3.05, 3.63) is 60.2 Å². The van der Waals surface area contributed by atoms with Crippen molar-refractivity contribution >= 4 is 9.24 Å². The highest BCUT2D eigenvalue weighted by Gasteiger charge is 2.04. The number of benzene rings is 2. The van der Waals surface area contributed by atoms with Crippen LogP contribution in [0.1, 0.15) is 24.6 Å². The Morgan fingerprint density at radius 3 is 2.31 bits per heavy atom. The van der Waals surface area contributed by atoms with Gasteiger partial charge in [-0.3, -0.25) is 0 Å². The molecule has 2 aromatic carbocycles. The molecule has 2 rings (SSSR count). The summed E-state index contributed by atoms with van der Waals surface area (Å²) in [4.78, 5) is 0. The Balaban J connectivity index is 2.36. The molecule has 16 heavy (non-hydrogen) atoms. The van der Waals surface area contributed by atoms with E-state index < -0.39 is 0 Å². The van der Waals surface area contributed by atoms with E-state index in [9.17, 15) is 0 Å². The SMILES string of the molecule is CCC(P)c1cccc(-c2ccccc2)c1. The van der Waals surface area contributed by atoms with Crippen molar-refractivity contribution in [2.45, 2.75) is 19.0 Å². The maximum Gasteiger partial charge on any atom is -0.00170 e. The maximum atomic E-state index is 2.91. The van der Waals surface area contributed by atoms with Crippen LogP contribution in [0, 0.1) is 0 Å². The molecule has 0 aromatic heterocycles. The lowest BCUT2D eigenvalue weighted by molar-refractivity contribution is 0.897. The summed E-state index contributed by atoms with van der Waals surface area (Å²) in [6, 6.07) is 19.3. The van der Waals surface area contributed by atoms with Gasteiger partial charge in [-0.15, -0.1) is 9.24 Å². The molecule has 0 radical (unpaired) electrons. The standard InChI is InChI=1S/C15H17P/c1-2-15(16)14-10-6-9-13(11-14)12-7-4-3-5-8-12/h3-11,15H,2,16H2,1H3. The van der Waals surface area contributed by atoms with Crippen LogP contribution in [0.4, 0.5) is 0 Å². The van der Waals surface area contributed by atoms with Crippen LogP contribution in [-0.2, 0) is 0 Å². The molecular weight excluding hydrogens is 211 g/mol. The molecule has 0 aliphatic heterocycles. The molecular formula is C15H17P. The highest BCUT2D eigenvalue weighted by Crippen LogP contribution is 2.29. The van der Waals surface area contributed by atoms with Gasteiger partial charge in [0.1, 0.15) is 0 Å². The summed E-state index contributed by atoms with van der Waals surface area (Å²) in [5.41, 5.74) is 4.55. The highest BCUT2D eigenvalue weighted by molar-refractivity contribution is 7.17. The first kappa shape index (κ1) is 11.4. The Hall–Kier alpha value is -1.13. The van der Waals surface area contributed by atoms with Crippen LogP contribution < -0.4 is 0 Å². The van der Waals surface area contributed by atoms with E-state index in [2.05, 4.69) is 70.8 Å². The van der Waals surface area contributed by atoms with Gasteiger partial charge in [0.15, 0.2) is 0 Å². The minimum absolute atomic E-state index is 0.559. The van der Waals surface area contributed by atoms with Crippen molar-refractivity contribution < 1.29 is 0 Å². The van der Waals surface area contributed by atoms with Gasteiger partial charge in [0.05, 0.1) is 0 Å². The summed E-state index contributed by atoms with van der Waals surface area (Å²) in [6.07, 6.45) is 1.16. The first-order valence-corrected chi connectivity index (χ1v) is 6.39. The molecule has 82 valence electrons. The zero-order valence-electron chi connectivity index (χ0n) is 9.56. The number of hydrogen-bond acceptors (Lipinski definition) is 0. The minimum atomic E-state index is 0.559. The molecule has 0 spiro atoms. The van der Waals surface area contributed by atoms with Crippen LogP contribution >= 0.6 is 9.24 Å². The summed E-state index contributed by atoms with van der Waals surface area (Å²) in [7, 11) is 2.91. The third kappa shape index (κ3) is 2.51. The Bertz CT molecular complexity index is 448. The van der Waals surface area contributed by atoms with Gasteiger partial charge in [-0.1, -0.05) is 61.5 Å². The molecule has 0 nitrogen and oxygen atoms in total. The van der Waals surface area contributed by atoms with E-state index >= 15 is 0 Å². The zero-order valence-corrected chi connectivity index (χ0v) is 10.7. The van der Waals surface area contributed by atoms with Crippen molar-refractivity contribution in [2.75, 3.05) is 0 Å². The van der Waals surface area contributed by atoms with Crippen LogP contribution in [0.15, 0.2) is 54.6 Å². The topological polar surface area (TPSA) is 0 Å². The molecule has 0 bridgehead atoms. The Morgan fingerprint density at radius 2 is 1.62 bits per heavy atom. The van der Waals surface area contributed by atoms with Gasteiger partial charge < -0.3 is 0 Å². The first-order valence-electron chi connectivity index (χ1n) is 5.72. The van der Waals surface area contributed by atoms with Gasteiger partial charge in [0, 0.05) is 0 Å². The predicted octanol–water partition coefficient (Wildman–Crippen LogP) is 4.68. The average Bonchev–Trinajstić information content (AvgIpc) is 2.39. The van der Waals surface area contributed by atoms with Crippen molar-refractivity contribution in [2.24, 2.45) is 0 Å². The fourth-order valence-electron chi connectivity index (χ4n) is 1.82. The third-order valence-corrected chi connectivity index (χ3v) is 3.72. The normalized spacial score (nSPS) is 12.4. The second-order valence-corrected chi connectivity index (χ2v) is 4.81. The molecule has 0 saturated heterocycles. The fraction of sp³-hybridized carbons (Fsp3) is 0.200. The second-order valence-electron chi connectivity index (χ2n) is 4.01. The third-order valence-electron chi connectivity index (χ3n) is 2.86. The van der Waals surface area contributed by atoms with E-state index in [4.69, 9.17) is 0 Å². The van der Waals surface area contributed by atoms with Crippen molar-refractivity contribution in [1.82, 2.24) is 0 Å². The summed E-state index contributed by atoms with van der Waals surface area (Å²) < 4.78 is 0. The van der Waals surface area contributed by atoms with Crippen LogP contribution in [-0.4, -0.2) is 0 Å². The molecule has 0 amide bonds. The summed E-state index contributed by atoms with van der Waals surface area (Å²) in [5, 5.41) is 0. The second kappa shape index (κ2) is 5.27. The maximum absolute atomic E-state index is 2.91. The largest absolute Gasteiger partial charge is 0.130 e. The van der Waals surface area contributed by atoms with E-state index in [0.29, 0.717) is 5.66 Å². The average molecular weight is 228 g/mol. The Kier molecular flexibility index (Phi) is 3.74. The minimum Gasteiger partial charge on any atom is -0.130 e. The molecule has 2 atom stereocenters. The molecule has 0 N–H and O–H groups in total. The lowest BCUT2D eigenvalue weighted by Gasteiger charge is -2.10. The van der Waals surface area contributed by atoms with Crippen molar-refractivity contribution in [3.63, 3.8) is 0 Å². The molecule has 0 aliphatic carbocycles. The molecule has 0 aliphatic rings. The van der Waals surface area contributed by atoms with E-state index in [0.717, 1.165) is 6.42 Å². The fourth-order valence-corrected chi connectivity index (χ4v) is 2.02. The van der Waals surface area contributed by atoms with Crippen molar-refractivity contribution in [1.29, 1.82) is 0 Å². The zero-order chi connectivity index (χ0) is 11.4. The van der Waals surface area contributed by atoms with Gasteiger partial charge in [0.2, 0.25) is 0 Å². The summed E-state index contributed by atoms with van der Waals surface area (Å²) in [6.45, 7) is 2.22. The van der Waals surface area contributed by atoms with Gasteiger partial charge in [0.25, 0.3) is 0 Å². The molecule has 0 heterocycles. The van der Waals surface area contributed by atoms with E-state index in [1.54, 1.807) is 0 Å². The van der Waals surface area contributed by atoms with E-state index in [1.165, 1.54) is 16.7 Å². The monoisotopic (exact) mass is 228 g/mol. The highest BCUT2D eigenvalue weighted by atomic mass is 31.0. The molecule has 0 saturated carbocycles. The van der Waals surface area contributed by atoms with Crippen LogP contribution in [0.3, 0.4) is 0 Å². The van der Waals surface area contributed by atoms with Gasteiger partial charge in [-0.2, -0.15) is 0 Å². The molecule has 2 unspecified atom stereocenters. The van der Waals surface area contributed by atoms with E-state index in [1.807, 2.05) is 0 Å². The Labute approximate surface area is 99.9 Å². The first-order chi connectivity index (χ1) is 7.81. The predicted molar refractivity (Wildman–Crippen MR) is 74.6 cm³/mol. The van der Waals surface area contributed by atoms with Crippen LogP contribution in [0.25, 0.3) is 11.1 Å². The van der Waals surface area contributed by atoms with Gasteiger partial charge in [-0.05, 0) is 28.8 Å². The quantitative estimate of drug-likeness (QED) is 0.669. The van der Waals surface area contributed by atoms with Gasteiger partial charge >= 0.3 is 0 Å². The lowest BCUT2D eigenvalue weighted by atomic mass is 10.0. The smallest absolute Gasteiger partial charge is 0.00170 e. The molecule has 2 aromatic rings. The molecule has 0 fully saturated rings. The summed E-state index contributed by atoms with van der Waals surface area (Å²) in [5.74, 6) is 0. The number of rotatable bonds is 3. The molecule has 1 heteroatoms. The lowest BCUT2D eigenvalue weighted by Crippen LogP contribution is -1.88. The summed E-state index contributed by atoms with van der Waals surface area (Å²) >= 11 is 0. The Morgan fingerprint density at radius 1 is 0.938 bits per heavy atom. The van der Waals surface area contributed by atoms with Crippen molar-refractivity contribution in [3.8, 4) is 11.1 Å².